The normalized spacial score (nSPS) is 28.2. The maximum absolute atomic E-state index is 2.67. The summed E-state index contributed by atoms with van der Waals surface area (Å²) in [5.41, 5.74) is 9.72. The van der Waals surface area contributed by atoms with Crippen molar-refractivity contribution in [3.63, 3.8) is 0 Å². The highest BCUT2D eigenvalue weighted by Gasteiger charge is 2.42. The molecule has 5 rings (SSSR count). The van der Waals surface area contributed by atoms with E-state index in [0.29, 0.717) is 17.8 Å². The molecular formula is C29H36Si. The molecule has 0 amide bonds. The molecule has 5 aliphatic carbocycles. The van der Waals surface area contributed by atoms with Crippen molar-refractivity contribution < 1.29 is 0 Å². The molecule has 3 atom stereocenters. The predicted octanol–water partition coefficient (Wildman–Crippen LogP) is 8.11. The minimum Gasteiger partial charge on any atom is -0.0730 e. The zero-order chi connectivity index (χ0) is 21.0. The van der Waals surface area contributed by atoms with Crippen molar-refractivity contribution in [2.24, 2.45) is 17.8 Å². The lowest BCUT2D eigenvalue weighted by Crippen LogP contribution is -2.32. The van der Waals surface area contributed by atoms with Gasteiger partial charge in [-0.25, -0.2) is 0 Å². The molecule has 156 valence electrons. The van der Waals surface area contributed by atoms with Crippen LogP contribution in [0.3, 0.4) is 0 Å². The molecule has 1 heteroatoms. The van der Waals surface area contributed by atoms with Crippen molar-refractivity contribution in [3.8, 4) is 0 Å². The Bertz CT molecular complexity index is 1030. The Kier molecular flexibility index (Phi) is 4.93. The lowest BCUT2D eigenvalue weighted by atomic mass is 9.81. The van der Waals surface area contributed by atoms with E-state index < -0.39 is 8.07 Å². The molecule has 0 saturated heterocycles. The van der Waals surface area contributed by atoms with Gasteiger partial charge in [-0.2, -0.15) is 0 Å². The molecule has 0 bridgehead atoms. The van der Waals surface area contributed by atoms with Crippen LogP contribution in [-0.4, -0.2) is 8.07 Å². The summed E-state index contributed by atoms with van der Waals surface area (Å²) in [6.45, 7) is 12.3. The van der Waals surface area contributed by atoms with E-state index in [2.05, 4.69) is 82.5 Å². The summed E-state index contributed by atoms with van der Waals surface area (Å²) in [5, 5.41) is 3.36. The fourth-order valence-electron chi connectivity index (χ4n) is 6.45. The molecular weight excluding hydrogens is 376 g/mol. The number of rotatable bonds is 5. The van der Waals surface area contributed by atoms with Crippen LogP contribution in [0.15, 0.2) is 92.4 Å². The number of hydrogen-bond acceptors (Lipinski definition) is 0. The van der Waals surface area contributed by atoms with Gasteiger partial charge >= 0.3 is 0 Å². The molecule has 0 aliphatic heterocycles. The lowest BCUT2D eigenvalue weighted by Gasteiger charge is -2.29. The predicted molar refractivity (Wildman–Crippen MR) is 133 cm³/mol. The number of fused-ring (bicyclic) bond motifs is 3. The molecule has 0 heterocycles. The Morgan fingerprint density at radius 2 is 1.73 bits per heavy atom. The summed E-state index contributed by atoms with van der Waals surface area (Å²) < 4.78 is 0. The van der Waals surface area contributed by atoms with Gasteiger partial charge in [0, 0.05) is 11.8 Å². The minimum absolute atomic E-state index is 0.507. The van der Waals surface area contributed by atoms with Gasteiger partial charge in [-0.1, -0.05) is 104 Å². The molecule has 3 unspecified atom stereocenters. The maximum Gasteiger partial charge on any atom is 0.113 e. The van der Waals surface area contributed by atoms with Crippen LogP contribution in [0.4, 0.5) is 0 Å². The second kappa shape index (κ2) is 7.37. The topological polar surface area (TPSA) is 0 Å². The molecule has 30 heavy (non-hydrogen) atoms. The van der Waals surface area contributed by atoms with Crippen molar-refractivity contribution in [1.29, 1.82) is 0 Å². The average Bonchev–Trinajstić information content (AvgIpc) is 3.42. The van der Waals surface area contributed by atoms with E-state index in [0.717, 1.165) is 0 Å². The van der Waals surface area contributed by atoms with E-state index >= 15 is 0 Å². The van der Waals surface area contributed by atoms with Gasteiger partial charge in [0.15, 0.2) is 0 Å². The van der Waals surface area contributed by atoms with E-state index in [9.17, 15) is 0 Å². The van der Waals surface area contributed by atoms with Crippen LogP contribution in [0.25, 0.3) is 0 Å². The van der Waals surface area contributed by atoms with E-state index in [1.54, 1.807) is 38.3 Å². The Balaban J connectivity index is 1.64. The first-order valence-electron chi connectivity index (χ1n) is 12.1. The molecule has 1 fully saturated rings. The zero-order valence-electron chi connectivity index (χ0n) is 19.4. The Morgan fingerprint density at radius 1 is 0.967 bits per heavy atom. The van der Waals surface area contributed by atoms with E-state index in [1.165, 1.54) is 37.7 Å². The first-order valence-corrected chi connectivity index (χ1v) is 15.1. The highest BCUT2D eigenvalue weighted by Crippen LogP contribution is 2.51. The van der Waals surface area contributed by atoms with Gasteiger partial charge in [0.25, 0.3) is 0 Å². The van der Waals surface area contributed by atoms with Gasteiger partial charge in [0.1, 0.15) is 8.07 Å². The standard InChI is InChI=1S/C29H36Si/c1-6-10-19(2)25-18-29(27-17-22-12-9-11-21(22)16-26(25)27)30(4,5)28-15-20(3)23-13-7-8-14-24(23)28/h7-8,13-19,23,26H,6,9-12H2,1-5H3. The lowest BCUT2D eigenvalue weighted by molar-refractivity contribution is 0.568. The van der Waals surface area contributed by atoms with Crippen LogP contribution in [0.1, 0.15) is 52.9 Å². The van der Waals surface area contributed by atoms with Crippen LogP contribution >= 0.6 is 0 Å². The van der Waals surface area contributed by atoms with Gasteiger partial charge in [-0.15, -0.1) is 0 Å². The third kappa shape index (κ3) is 3.00. The Hall–Kier alpha value is -1.86. The van der Waals surface area contributed by atoms with E-state index in [4.69, 9.17) is 0 Å². The zero-order valence-corrected chi connectivity index (χ0v) is 20.4. The average molecular weight is 413 g/mol. The summed E-state index contributed by atoms with van der Waals surface area (Å²) in [5.74, 6) is 1.72. The largest absolute Gasteiger partial charge is 0.113 e. The second-order valence-corrected chi connectivity index (χ2v) is 14.8. The fourth-order valence-corrected chi connectivity index (χ4v) is 9.76. The molecule has 0 nitrogen and oxygen atoms in total. The molecule has 1 saturated carbocycles. The summed E-state index contributed by atoms with van der Waals surface area (Å²) in [4.78, 5) is 0. The quantitative estimate of drug-likeness (QED) is 0.400. The van der Waals surface area contributed by atoms with E-state index in [-0.39, 0.29) is 0 Å². The van der Waals surface area contributed by atoms with Gasteiger partial charge in [-0.3, -0.25) is 0 Å². The van der Waals surface area contributed by atoms with Gasteiger partial charge in [0.2, 0.25) is 0 Å². The van der Waals surface area contributed by atoms with Gasteiger partial charge in [0.05, 0.1) is 0 Å². The summed E-state index contributed by atoms with van der Waals surface area (Å²) in [6, 6.07) is 0. The number of hydrogen-bond donors (Lipinski definition) is 0. The van der Waals surface area contributed by atoms with Gasteiger partial charge in [-0.05, 0) is 60.8 Å². The summed E-state index contributed by atoms with van der Waals surface area (Å²) >= 11 is 0. The summed E-state index contributed by atoms with van der Waals surface area (Å²) in [7, 11) is -1.80. The van der Waals surface area contributed by atoms with Crippen molar-refractivity contribution in [3.05, 3.63) is 92.4 Å². The highest BCUT2D eigenvalue weighted by molar-refractivity contribution is 6.92. The molecule has 0 aromatic heterocycles. The molecule has 0 spiro atoms. The third-order valence-electron chi connectivity index (χ3n) is 8.15. The first-order chi connectivity index (χ1) is 14.4. The SMILES string of the molecule is CCCC(C)C1=CC([Si](C)(C)C2=C3C=CC=CC3C(C)=C2)=C2C=C3CCCC3=CC12. The summed E-state index contributed by atoms with van der Waals surface area (Å²) in [6.07, 6.45) is 26.2. The van der Waals surface area contributed by atoms with Crippen molar-refractivity contribution >= 4 is 8.07 Å². The van der Waals surface area contributed by atoms with Crippen molar-refractivity contribution in [2.45, 2.75) is 66.0 Å². The van der Waals surface area contributed by atoms with Crippen LogP contribution in [-0.2, 0) is 0 Å². The van der Waals surface area contributed by atoms with Crippen molar-refractivity contribution in [1.82, 2.24) is 0 Å². The fraction of sp³-hybridized carbons (Fsp3) is 0.448. The van der Waals surface area contributed by atoms with Crippen LogP contribution in [0.2, 0.25) is 13.1 Å². The molecule has 0 radical (unpaired) electrons. The Labute approximate surface area is 184 Å². The maximum atomic E-state index is 2.67. The van der Waals surface area contributed by atoms with Crippen molar-refractivity contribution in [2.75, 3.05) is 0 Å². The molecule has 5 aliphatic rings. The van der Waals surface area contributed by atoms with Gasteiger partial charge < -0.3 is 0 Å². The highest BCUT2D eigenvalue weighted by atomic mass is 28.3. The Morgan fingerprint density at radius 3 is 2.53 bits per heavy atom. The monoisotopic (exact) mass is 412 g/mol. The molecule has 0 aromatic carbocycles. The van der Waals surface area contributed by atoms with Crippen LogP contribution in [0, 0.1) is 17.8 Å². The molecule has 0 N–H and O–H groups in total. The minimum atomic E-state index is -1.80. The third-order valence-corrected chi connectivity index (χ3v) is 11.7. The van der Waals surface area contributed by atoms with E-state index in [1.807, 2.05) is 0 Å². The second-order valence-electron chi connectivity index (χ2n) is 10.5. The number of allylic oxidation sites excluding steroid dienone is 16. The molecule has 0 aromatic rings. The first kappa shape index (κ1) is 20.1. The van der Waals surface area contributed by atoms with Crippen LogP contribution < -0.4 is 0 Å². The smallest absolute Gasteiger partial charge is 0.0730 e. The van der Waals surface area contributed by atoms with Crippen LogP contribution in [0.5, 0.6) is 0 Å².